The number of benzene rings is 1. The van der Waals surface area contributed by atoms with E-state index in [2.05, 4.69) is 9.97 Å². The van der Waals surface area contributed by atoms with Crippen LogP contribution in [0.15, 0.2) is 24.3 Å². The molecule has 0 aliphatic carbocycles. The molecule has 12 heteroatoms. The van der Waals surface area contributed by atoms with Crippen molar-refractivity contribution in [1.29, 1.82) is 0 Å². The molecule has 1 aromatic heterocycles. The lowest BCUT2D eigenvalue weighted by atomic mass is 9.92. The van der Waals surface area contributed by atoms with Gasteiger partial charge in [0.25, 0.3) is 0 Å². The van der Waals surface area contributed by atoms with Crippen molar-refractivity contribution in [3.05, 3.63) is 41.3 Å². The highest BCUT2D eigenvalue weighted by Gasteiger charge is 2.53. The standard InChI is InChI=1S/C29H40FN3O7S/c1-16(2)23-22(24(17-10-12-18(30)13-11-17)32-27(31-23)33(8)41(9,35)36)26-25(37-26)20-14-19(38-29(6,7)39-20)15-21(34)40-28(3,4)5/h10-13,16,19-20,25-26H,14-15H2,1-9H3/t19-,20+,25?,26?/m1/s1. The first kappa shape index (κ1) is 31.3. The zero-order valence-corrected chi connectivity index (χ0v) is 25.9. The zero-order chi connectivity index (χ0) is 30.5. The topological polar surface area (TPSA) is 120 Å². The second-order valence-corrected chi connectivity index (χ2v) is 14.4. The van der Waals surface area contributed by atoms with E-state index in [0.29, 0.717) is 28.9 Å². The number of ether oxygens (including phenoxy) is 4. The van der Waals surface area contributed by atoms with Crippen LogP contribution in [0.25, 0.3) is 11.3 Å². The number of carbonyl (C=O) groups excluding carboxylic acids is 1. The number of sulfonamides is 1. The van der Waals surface area contributed by atoms with Crippen LogP contribution < -0.4 is 4.31 Å². The summed E-state index contributed by atoms with van der Waals surface area (Å²) >= 11 is 0. The van der Waals surface area contributed by atoms with Gasteiger partial charge in [-0.2, -0.15) is 0 Å². The van der Waals surface area contributed by atoms with Crippen molar-refractivity contribution >= 4 is 21.9 Å². The average Bonchev–Trinajstić information content (AvgIpc) is 3.61. The molecule has 4 atom stereocenters. The minimum absolute atomic E-state index is 0.0114. The van der Waals surface area contributed by atoms with Gasteiger partial charge in [-0.05, 0) is 64.8 Å². The smallest absolute Gasteiger partial charge is 0.308 e. The van der Waals surface area contributed by atoms with E-state index in [1.54, 1.807) is 26.0 Å². The lowest BCUT2D eigenvalue weighted by Crippen LogP contribution is -2.47. The fourth-order valence-electron chi connectivity index (χ4n) is 5.00. The number of carbonyl (C=O) groups is 1. The van der Waals surface area contributed by atoms with Crippen LogP contribution >= 0.6 is 0 Å². The van der Waals surface area contributed by atoms with Crippen molar-refractivity contribution in [3.8, 4) is 11.3 Å². The first-order valence-electron chi connectivity index (χ1n) is 13.7. The van der Waals surface area contributed by atoms with Crippen molar-refractivity contribution in [1.82, 2.24) is 9.97 Å². The largest absolute Gasteiger partial charge is 0.460 e. The summed E-state index contributed by atoms with van der Waals surface area (Å²) in [5.74, 6) is -1.83. The molecule has 0 saturated carbocycles. The van der Waals surface area contributed by atoms with Crippen LogP contribution in [0, 0.1) is 5.82 Å². The molecule has 3 heterocycles. The Labute approximate surface area is 241 Å². The summed E-state index contributed by atoms with van der Waals surface area (Å²) in [6, 6.07) is 5.84. The number of aromatic nitrogens is 2. The molecule has 2 aromatic rings. The quantitative estimate of drug-likeness (QED) is 0.311. The summed E-state index contributed by atoms with van der Waals surface area (Å²) in [6.45, 7) is 12.9. The third-order valence-electron chi connectivity index (χ3n) is 6.78. The van der Waals surface area contributed by atoms with Gasteiger partial charge in [-0.3, -0.25) is 4.79 Å². The molecule has 2 aliphatic heterocycles. The van der Waals surface area contributed by atoms with Crippen molar-refractivity contribution in [2.24, 2.45) is 0 Å². The van der Waals surface area contributed by atoms with Gasteiger partial charge in [-0.25, -0.2) is 27.1 Å². The predicted molar refractivity (Wildman–Crippen MR) is 151 cm³/mol. The first-order chi connectivity index (χ1) is 18.8. The van der Waals surface area contributed by atoms with Crippen molar-refractivity contribution in [2.45, 2.75) is 103 Å². The summed E-state index contributed by atoms with van der Waals surface area (Å²) in [5, 5.41) is 0. The maximum absolute atomic E-state index is 13.8. The second-order valence-electron chi connectivity index (χ2n) is 12.4. The van der Waals surface area contributed by atoms with Gasteiger partial charge in [0.2, 0.25) is 16.0 Å². The molecule has 4 rings (SSSR count). The summed E-state index contributed by atoms with van der Waals surface area (Å²) in [7, 11) is -2.25. The molecular formula is C29H40FN3O7S. The fraction of sp³-hybridized carbons (Fsp3) is 0.621. The van der Waals surface area contributed by atoms with Crippen LogP contribution in [-0.4, -0.2) is 67.4 Å². The monoisotopic (exact) mass is 593 g/mol. The zero-order valence-electron chi connectivity index (χ0n) is 25.1. The van der Waals surface area contributed by atoms with E-state index in [0.717, 1.165) is 10.6 Å². The van der Waals surface area contributed by atoms with Crippen LogP contribution in [-0.2, 0) is 33.8 Å². The molecule has 0 N–H and O–H groups in total. The lowest BCUT2D eigenvalue weighted by molar-refractivity contribution is -0.302. The highest BCUT2D eigenvalue weighted by Crippen LogP contribution is 2.50. The molecular weight excluding hydrogens is 553 g/mol. The molecule has 1 aromatic carbocycles. The summed E-state index contributed by atoms with van der Waals surface area (Å²) in [6.07, 6.45) is -0.144. The second kappa shape index (κ2) is 11.2. The van der Waals surface area contributed by atoms with Gasteiger partial charge in [-0.15, -0.1) is 0 Å². The van der Waals surface area contributed by atoms with E-state index in [1.807, 2.05) is 34.6 Å². The van der Waals surface area contributed by atoms with Crippen LogP contribution in [0.2, 0.25) is 0 Å². The van der Waals surface area contributed by atoms with Gasteiger partial charge in [-0.1, -0.05) is 13.8 Å². The number of nitrogens with zero attached hydrogens (tertiary/aromatic N) is 3. The number of esters is 1. The molecule has 2 saturated heterocycles. The molecule has 0 spiro atoms. The molecule has 10 nitrogen and oxygen atoms in total. The minimum atomic E-state index is -3.64. The van der Waals surface area contributed by atoms with Gasteiger partial charge in [0.1, 0.15) is 23.6 Å². The van der Waals surface area contributed by atoms with Gasteiger partial charge in [0.15, 0.2) is 5.79 Å². The molecule has 0 radical (unpaired) electrons. The lowest BCUT2D eigenvalue weighted by Gasteiger charge is -2.40. The Morgan fingerprint density at radius 1 is 1.17 bits per heavy atom. The molecule has 0 amide bonds. The minimum Gasteiger partial charge on any atom is -0.460 e. The van der Waals surface area contributed by atoms with Gasteiger partial charge >= 0.3 is 5.97 Å². The Balaban J connectivity index is 1.70. The van der Waals surface area contributed by atoms with E-state index in [4.69, 9.17) is 18.9 Å². The third-order valence-corrected chi connectivity index (χ3v) is 7.94. The Bertz CT molecular complexity index is 1390. The van der Waals surface area contributed by atoms with E-state index in [1.165, 1.54) is 19.2 Å². The van der Waals surface area contributed by atoms with E-state index < -0.39 is 51.6 Å². The maximum atomic E-state index is 13.8. The predicted octanol–water partition coefficient (Wildman–Crippen LogP) is 4.88. The Morgan fingerprint density at radius 3 is 2.37 bits per heavy atom. The summed E-state index contributed by atoms with van der Waals surface area (Å²) < 4.78 is 63.6. The summed E-state index contributed by atoms with van der Waals surface area (Å²) in [5.41, 5.74) is 1.76. The Kier molecular flexibility index (Phi) is 8.54. The Morgan fingerprint density at radius 2 is 1.80 bits per heavy atom. The van der Waals surface area contributed by atoms with Crippen molar-refractivity contribution in [3.63, 3.8) is 0 Å². The number of rotatable bonds is 8. The van der Waals surface area contributed by atoms with Crippen molar-refractivity contribution < 1.29 is 36.6 Å². The highest BCUT2D eigenvalue weighted by molar-refractivity contribution is 7.92. The number of anilines is 1. The van der Waals surface area contributed by atoms with Crippen LogP contribution in [0.5, 0.6) is 0 Å². The Hall–Kier alpha value is -2.67. The molecule has 2 unspecified atom stereocenters. The van der Waals surface area contributed by atoms with Crippen LogP contribution in [0.3, 0.4) is 0 Å². The van der Waals surface area contributed by atoms with Gasteiger partial charge in [0.05, 0.1) is 36.3 Å². The SMILES string of the molecule is CC(C)c1nc(N(C)S(C)(=O)=O)nc(-c2ccc(F)cc2)c1C1OC1[C@@H]1C[C@H](CC(=O)OC(C)(C)C)OC(C)(C)O1. The van der Waals surface area contributed by atoms with Gasteiger partial charge in [0, 0.05) is 24.6 Å². The highest BCUT2D eigenvalue weighted by atomic mass is 32.2. The maximum Gasteiger partial charge on any atom is 0.308 e. The molecule has 2 fully saturated rings. The number of epoxide rings is 1. The third kappa shape index (κ3) is 7.59. The van der Waals surface area contributed by atoms with Crippen molar-refractivity contribution in [2.75, 3.05) is 17.6 Å². The van der Waals surface area contributed by atoms with E-state index in [-0.39, 0.29) is 24.3 Å². The molecule has 226 valence electrons. The van der Waals surface area contributed by atoms with Crippen LogP contribution in [0.4, 0.5) is 10.3 Å². The molecule has 0 bridgehead atoms. The number of halogens is 1. The van der Waals surface area contributed by atoms with E-state index >= 15 is 0 Å². The van der Waals surface area contributed by atoms with Crippen LogP contribution in [0.1, 0.15) is 84.6 Å². The number of hydrogen-bond donors (Lipinski definition) is 0. The average molecular weight is 594 g/mol. The van der Waals surface area contributed by atoms with Gasteiger partial charge < -0.3 is 18.9 Å². The normalized spacial score (nSPS) is 24.3. The number of hydrogen-bond acceptors (Lipinski definition) is 9. The molecule has 2 aliphatic rings. The molecule has 41 heavy (non-hydrogen) atoms. The summed E-state index contributed by atoms with van der Waals surface area (Å²) in [4.78, 5) is 21.9. The van der Waals surface area contributed by atoms with E-state index in [9.17, 15) is 17.6 Å². The first-order valence-corrected chi connectivity index (χ1v) is 15.5. The fourth-order valence-corrected chi connectivity index (χ4v) is 5.37.